The number of anilines is 2. The van der Waals surface area contributed by atoms with Crippen LogP contribution in [0.3, 0.4) is 0 Å². The van der Waals surface area contributed by atoms with Gasteiger partial charge < -0.3 is 14.6 Å². The molecule has 2 aromatic heterocycles. The number of hydrogen-bond donors (Lipinski definition) is 1. The molecule has 2 heterocycles. The van der Waals surface area contributed by atoms with Crippen LogP contribution in [0.4, 0.5) is 11.5 Å². The second-order valence-electron chi connectivity index (χ2n) is 5.24. The molecule has 7 heteroatoms. The fraction of sp³-hybridized carbons (Fsp3) is 0.294. The Morgan fingerprint density at radius 1 is 1.21 bits per heavy atom. The van der Waals surface area contributed by atoms with Crippen molar-refractivity contribution in [3.8, 4) is 0 Å². The van der Waals surface area contributed by atoms with Gasteiger partial charge in [0, 0.05) is 5.69 Å². The molecule has 124 valence electrons. The third kappa shape index (κ3) is 3.05. The van der Waals surface area contributed by atoms with Gasteiger partial charge in [-0.2, -0.15) is 4.98 Å². The molecule has 1 aromatic carbocycles. The van der Waals surface area contributed by atoms with Crippen molar-refractivity contribution < 1.29 is 14.1 Å². The molecule has 3 aromatic rings. The smallest absolute Gasteiger partial charge is 0.376 e. The quantitative estimate of drug-likeness (QED) is 0.718. The first-order chi connectivity index (χ1) is 11.6. The Balaban J connectivity index is 2.03. The number of aromatic nitrogens is 3. The zero-order chi connectivity index (χ0) is 17.1. The van der Waals surface area contributed by atoms with Crippen LogP contribution in [0.25, 0.3) is 11.1 Å². The third-order valence-corrected chi connectivity index (χ3v) is 3.59. The average molecular weight is 326 g/mol. The van der Waals surface area contributed by atoms with Crippen LogP contribution in [0.2, 0.25) is 0 Å². The summed E-state index contributed by atoms with van der Waals surface area (Å²) in [7, 11) is 0. The molecule has 0 amide bonds. The molecule has 0 radical (unpaired) electrons. The standard InChI is InChI=1S/C17H18N4O3/c1-4-11-6-8-12(9-7-11)18-14-13-10(3)21-24-16(13)20-15(19-14)17(22)23-5-2/h6-9H,4-5H2,1-3H3,(H,18,19,20). The van der Waals surface area contributed by atoms with Crippen molar-refractivity contribution in [1.82, 2.24) is 15.1 Å². The number of esters is 1. The minimum Gasteiger partial charge on any atom is -0.460 e. The molecular weight excluding hydrogens is 308 g/mol. The van der Waals surface area contributed by atoms with Crippen LogP contribution < -0.4 is 5.32 Å². The van der Waals surface area contributed by atoms with Crippen LogP contribution in [-0.2, 0) is 11.2 Å². The topological polar surface area (TPSA) is 90.1 Å². The van der Waals surface area contributed by atoms with E-state index in [1.54, 1.807) is 13.8 Å². The summed E-state index contributed by atoms with van der Waals surface area (Å²) < 4.78 is 10.1. The number of carbonyl (C=O) groups excluding carboxylic acids is 1. The molecule has 0 unspecified atom stereocenters. The predicted molar refractivity (Wildman–Crippen MR) is 89.4 cm³/mol. The fourth-order valence-corrected chi connectivity index (χ4v) is 2.33. The predicted octanol–water partition coefficient (Wildman–Crippen LogP) is 3.41. The van der Waals surface area contributed by atoms with E-state index in [4.69, 9.17) is 9.26 Å². The number of aryl methyl sites for hydroxylation is 2. The van der Waals surface area contributed by atoms with E-state index in [0.29, 0.717) is 16.9 Å². The molecule has 0 atom stereocenters. The van der Waals surface area contributed by atoms with Crippen LogP contribution in [0.1, 0.15) is 35.7 Å². The zero-order valence-electron chi connectivity index (χ0n) is 13.8. The second-order valence-corrected chi connectivity index (χ2v) is 5.24. The van der Waals surface area contributed by atoms with E-state index in [2.05, 4.69) is 27.4 Å². The minimum atomic E-state index is -0.599. The van der Waals surface area contributed by atoms with E-state index in [1.807, 2.05) is 24.3 Å². The maximum atomic E-state index is 11.9. The third-order valence-electron chi connectivity index (χ3n) is 3.59. The van der Waals surface area contributed by atoms with Crippen LogP contribution >= 0.6 is 0 Å². The number of hydrogen-bond acceptors (Lipinski definition) is 7. The molecule has 0 aliphatic heterocycles. The second kappa shape index (κ2) is 6.66. The highest BCUT2D eigenvalue weighted by Gasteiger charge is 2.19. The van der Waals surface area contributed by atoms with Gasteiger partial charge in [-0.1, -0.05) is 24.2 Å². The molecule has 0 saturated carbocycles. The van der Waals surface area contributed by atoms with Crippen molar-refractivity contribution in [2.45, 2.75) is 27.2 Å². The lowest BCUT2D eigenvalue weighted by Crippen LogP contribution is -2.11. The van der Waals surface area contributed by atoms with E-state index in [0.717, 1.165) is 12.1 Å². The Kier molecular flexibility index (Phi) is 4.41. The van der Waals surface area contributed by atoms with Crippen LogP contribution in [0.15, 0.2) is 28.8 Å². The Morgan fingerprint density at radius 2 is 1.96 bits per heavy atom. The molecule has 7 nitrogen and oxygen atoms in total. The fourth-order valence-electron chi connectivity index (χ4n) is 2.33. The van der Waals surface area contributed by atoms with E-state index in [9.17, 15) is 4.79 Å². The molecule has 24 heavy (non-hydrogen) atoms. The largest absolute Gasteiger partial charge is 0.460 e. The van der Waals surface area contributed by atoms with E-state index in [1.165, 1.54) is 5.56 Å². The summed E-state index contributed by atoms with van der Waals surface area (Å²) in [5.41, 5.74) is 2.98. The molecule has 0 aliphatic rings. The summed E-state index contributed by atoms with van der Waals surface area (Å²) in [5.74, 6) is -0.197. The summed E-state index contributed by atoms with van der Waals surface area (Å²) in [6, 6.07) is 7.99. The van der Waals surface area contributed by atoms with E-state index >= 15 is 0 Å². The van der Waals surface area contributed by atoms with Crippen LogP contribution in [0, 0.1) is 6.92 Å². The molecule has 0 saturated heterocycles. The Bertz CT molecular complexity index is 871. The van der Waals surface area contributed by atoms with Crippen LogP contribution in [0.5, 0.6) is 0 Å². The number of benzene rings is 1. The SMILES string of the molecule is CCOC(=O)c1nc(Nc2ccc(CC)cc2)c2c(C)noc2n1. The maximum absolute atomic E-state index is 11.9. The maximum Gasteiger partial charge on any atom is 0.376 e. The highest BCUT2D eigenvalue weighted by atomic mass is 16.5. The number of rotatable bonds is 5. The summed E-state index contributed by atoms with van der Waals surface area (Å²) >= 11 is 0. The lowest BCUT2D eigenvalue weighted by atomic mass is 10.1. The lowest BCUT2D eigenvalue weighted by molar-refractivity contribution is 0.0512. The lowest BCUT2D eigenvalue weighted by Gasteiger charge is -2.09. The van der Waals surface area contributed by atoms with Crippen molar-refractivity contribution in [2.24, 2.45) is 0 Å². The number of fused-ring (bicyclic) bond motifs is 1. The van der Waals surface area contributed by atoms with Crippen molar-refractivity contribution >= 4 is 28.6 Å². The highest BCUT2D eigenvalue weighted by Crippen LogP contribution is 2.27. The molecule has 0 fully saturated rings. The summed E-state index contributed by atoms with van der Waals surface area (Å²) in [4.78, 5) is 20.3. The first kappa shape index (κ1) is 15.9. The number of ether oxygens (including phenoxy) is 1. The van der Waals surface area contributed by atoms with Gasteiger partial charge in [0.2, 0.25) is 5.82 Å². The van der Waals surface area contributed by atoms with Gasteiger partial charge in [0.15, 0.2) is 0 Å². The summed E-state index contributed by atoms with van der Waals surface area (Å²) in [6.45, 7) is 5.87. The van der Waals surface area contributed by atoms with Gasteiger partial charge in [0.25, 0.3) is 5.71 Å². The van der Waals surface area contributed by atoms with Crippen LogP contribution in [-0.4, -0.2) is 27.7 Å². The Morgan fingerprint density at radius 3 is 2.62 bits per heavy atom. The number of nitrogens with one attached hydrogen (secondary N) is 1. The molecule has 0 spiro atoms. The minimum absolute atomic E-state index is 0.0619. The summed E-state index contributed by atoms with van der Waals surface area (Å²) in [6.07, 6.45) is 0.968. The monoisotopic (exact) mass is 326 g/mol. The zero-order valence-corrected chi connectivity index (χ0v) is 13.8. The van der Waals surface area contributed by atoms with Crippen molar-refractivity contribution in [2.75, 3.05) is 11.9 Å². The average Bonchev–Trinajstić information content (AvgIpc) is 2.97. The highest BCUT2D eigenvalue weighted by molar-refractivity contribution is 5.94. The van der Waals surface area contributed by atoms with E-state index < -0.39 is 5.97 Å². The number of carbonyl (C=O) groups is 1. The van der Waals surface area contributed by atoms with Crippen molar-refractivity contribution in [3.05, 3.63) is 41.3 Å². The Hall–Kier alpha value is -2.96. The number of nitrogens with zero attached hydrogens (tertiary/aromatic N) is 3. The molecule has 1 N–H and O–H groups in total. The van der Waals surface area contributed by atoms with Gasteiger partial charge in [0.1, 0.15) is 11.2 Å². The van der Waals surface area contributed by atoms with Gasteiger partial charge in [-0.15, -0.1) is 0 Å². The molecule has 3 rings (SSSR count). The van der Waals surface area contributed by atoms with Gasteiger partial charge in [0.05, 0.1) is 12.3 Å². The first-order valence-corrected chi connectivity index (χ1v) is 7.79. The molecular formula is C17H18N4O3. The molecule has 0 aliphatic carbocycles. The van der Waals surface area contributed by atoms with Gasteiger partial charge >= 0.3 is 5.97 Å². The first-order valence-electron chi connectivity index (χ1n) is 7.79. The van der Waals surface area contributed by atoms with Crippen molar-refractivity contribution in [3.63, 3.8) is 0 Å². The normalized spacial score (nSPS) is 10.8. The summed E-state index contributed by atoms with van der Waals surface area (Å²) in [5, 5.41) is 7.75. The van der Waals surface area contributed by atoms with Gasteiger partial charge in [-0.05, 0) is 38.0 Å². The molecule has 0 bridgehead atoms. The van der Waals surface area contributed by atoms with Gasteiger partial charge in [-0.25, -0.2) is 9.78 Å². The van der Waals surface area contributed by atoms with E-state index in [-0.39, 0.29) is 18.1 Å². The Labute approximate surface area is 139 Å². The van der Waals surface area contributed by atoms with Crippen molar-refractivity contribution in [1.29, 1.82) is 0 Å². The van der Waals surface area contributed by atoms with Gasteiger partial charge in [-0.3, -0.25) is 0 Å².